The van der Waals surface area contributed by atoms with Crippen LogP contribution >= 0.6 is 0 Å². The Kier molecular flexibility index (Phi) is 3.74. The summed E-state index contributed by atoms with van der Waals surface area (Å²) in [6, 6.07) is -0.0626. The van der Waals surface area contributed by atoms with Crippen LogP contribution in [0.15, 0.2) is 4.52 Å². The topological polar surface area (TPSA) is 79.5 Å². The Hall–Kier alpha value is -1.43. The summed E-state index contributed by atoms with van der Waals surface area (Å²) in [6.45, 7) is 2.24. The van der Waals surface area contributed by atoms with Gasteiger partial charge in [-0.2, -0.15) is 4.98 Å². The van der Waals surface area contributed by atoms with Crippen LogP contribution in [0.1, 0.15) is 50.2 Å². The molecular formula is C14H21N3O3. The fraction of sp³-hybridized carbons (Fsp3) is 0.786. The van der Waals surface area contributed by atoms with Gasteiger partial charge in [-0.25, -0.2) is 0 Å². The van der Waals surface area contributed by atoms with E-state index in [0.29, 0.717) is 30.2 Å². The van der Waals surface area contributed by atoms with Crippen molar-refractivity contribution in [3.05, 3.63) is 11.7 Å². The molecular weight excluding hydrogens is 258 g/mol. The van der Waals surface area contributed by atoms with E-state index in [1.165, 1.54) is 19.3 Å². The molecule has 2 aliphatic rings. The van der Waals surface area contributed by atoms with Crippen molar-refractivity contribution < 1.29 is 14.4 Å². The van der Waals surface area contributed by atoms with Gasteiger partial charge in [0.05, 0.1) is 6.54 Å². The van der Waals surface area contributed by atoms with Crippen LogP contribution in [0, 0.1) is 12.8 Å². The van der Waals surface area contributed by atoms with E-state index in [4.69, 9.17) is 4.52 Å². The summed E-state index contributed by atoms with van der Waals surface area (Å²) in [7, 11) is 0. The predicted octanol–water partition coefficient (Wildman–Crippen LogP) is 1.99. The lowest BCUT2D eigenvalue weighted by molar-refractivity contribution is -0.149. The summed E-state index contributed by atoms with van der Waals surface area (Å²) in [5.74, 6) is 1.03. The van der Waals surface area contributed by atoms with Crippen LogP contribution in [0.25, 0.3) is 0 Å². The highest BCUT2D eigenvalue weighted by molar-refractivity contribution is 5.73. The molecule has 1 aromatic rings. The maximum Gasteiger partial charge on any atom is 0.320 e. The minimum Gasteiger partial charge on any atom is -0.480 e. The highest BCUT2D eigenvalue weighted by Gasteiger charge is 2.41. The van der Waals surface area contributed by atoms with Gasteiger partial charge in [-0.1, -0.05) is 18.0 Å². The van der Waals surface area contributed by atoms with Gasteiger partial charge in [-0.15, -0.1) is 0 Å². The lowest BCUT2D eigenvalue weighted by atomic mass is 9.76. The molecule has 0 aromatic carbocycles. The van der Waals surface area contributed by atoms with Crippen molar-refractivity contribution in [2.24, 2.45) is 5.92 Å². The van der Waals surface area contributed by atoms with Crippen LogP contribution in [-0.4, -0.2) is 38.2 Å². The smallest absolute Gasteiger partial charge is 0.320 e. The number of likely N-dealkylation sites (tertiary alicyclic amines) is 1. The van der Waals surface area contributed by atoms with Crippen molar-refractivity contribution >= 4 is 5.97 Å². The zero-order chi connectivity index (χ0) is 14.1. The molecule has 0 bridgehead atoms. The number of carboxylic acid groups (broad SMARTS) is 1. The molecule has 3 rings (SSSR count). The normalized spacial score (nSPS) is 30.9. The molecule has 20 heavy (non-hydrogen) atoms. The van der Waals surface area contributed by atoms with Gasteiger partial charge in [-0.05, 0) is 38.5 Å². The van der Waals surface area contributed by atoms with E-state index in [1.807, 2.05) is 0 Å². The molecule has 1 aliphatic heterocycles. The zero-order valence-corrected chi connectivity index (χ0v) is 11.8. The van der Waals surface area contributed by atoms with Crippen molar-refractivity contribution in [1.29, 1.82) is 0 Å². The fourth-order valence-electron chi connectivity index (χ4n) is 3.78. The number of hydrogen-bond acceptors (Lipinski definition) is 5. The van der Waals surface area contributed by atoms with Gasteiger partial charge >= 0.3 is 5.97 Å². The molecule has 2 fully saturated rings. The van der Waals surface area contributed by atoms with Gasteiger partial charge in [0, 0.05) is 6.04 Å². The number of rotatable bonds is 3. The van der Waals surface area contributed by atoms with E-state index >= 15 is 0 Å². The fourth-order valence-corrected chi connectivity index (χ4v) is 3.78. The van der Waals surface area contributed by atoms with Gasteiger partial charge in [-0.3, -0.25) is 9.69 Å². The molecule has 6 heteroatoms. The minimum absolute atomic E-state index is 0.353. The summed E-state index contributed by atoms with van der Waals surface area (Å²) < 4.78 is 5.18. The highest BCUT2D eigenvalue weighted by atomic mass is 16.5. The number of carbonyl (C=O) groups is 1. The summed E-state index contributed by atoms with van der Waals surface area (Å²) in [4.78, 5) is 17.8. The van der Waals surface area contributed by atoms with E-state index in [1.54, 1.807) is 6.92 Å². The summed E-state index contributed by atoms with van der Waals surface area (Å²) in [5, 5.41) is 13.3. The second kappa shape index (κ2) is 5.52. The number of nitrogens with zero attached hydrogens (tertiary/aromatic N) is 3. The van der Waals surface area contributed by atoms with Crippen LogP contribution in [0.5, 0.6) is 0 Å². The largest absolute Gasteiger partial charge is 0.480 e. The first kappa shape index (κ1) is 13.5. The molecule has 1 aliphatic carbocycles. The first-order chi connectivity index (χ1) is 9.65. The van der Waals surface area contributed by atoms with E-state index in [0.717, 1.165) is 19.3 Å². The highest BCUT2D eigenvalue weighted by Crippen LogP contribution is 2.38. The quantitative estimate of drug-likeness (QED) is 0.911. The molecule has 1 saturated carbocycles. The van der Waals surface area contributed by atoms with E-state index < -0.39 is 12.0 Å². The van der Waals surface area contributed by atoms with Crippen LogP contribution in [0.4, 0.5) is 0 Å². The minimum atomic E-state index is -0.731. The number of fused-ring (bicyclic) bond motifs is 1. The SMILES string of the molecule is Cc1noc(CN2C(C(=O)O)CCC3CCCCC32)n1. The van der Waals surface area contributed by atoms with Crippen molar-refractivity contribution in [3.8, 4) is 0 Å². The summed E-state index contributed by atoms with van der Waals surface area (Å²) in [6.07, 6.45) is 6.52. The van der Waals surface area contributed by atoms with Crippen LogP contribution in [-0.2, 0) is 11.3 Å². The molecule has 0 spiro atoms. The number of aryl methyl sites for hydroxylation is 1. The third kappa shape index (κ3) is 2.57. The number of carboxylic acids is 1. The Morgan fingerprint density at radius 3 is 2.85 bits per heavy atom. The lowest BCUT2D eigenvalue weighted by Gasteiger charge is -2.46. The number of aromatic nitrogens is 2. The third-order valence-corrected chi connectivity index (χ3v) is 4.68. The molecule has 1 N–H and O–H groups in total. The first-order valence-corrected chi connectivity index (χ1v) is 7.43. The molecule has 3 atom stereocenters. The summed E-state index contributed by atoms with van der Waals surface area (Å²) in [5.41, 5.74) is 0. The average Bonchev–Trinajstić information content (AvgIpc) is 2.84. The van der Waals surface area contributed by atoms with Gasteiger partial charge in [0.25, 0.3) is 0 Å². The standard InChI is InChI=1S/C14H21N3O3/c1-9-15-13(20-16-9)8-17-11-5-3-2-4-10(11)6-7-12(17)14(18)19/h10-12H,2-8H2,1H3,(H,18,19). The number of hydrogen-bond donors (Lipinski definition) is 1. The molecule has 3 unspecified atom stereocenters. The monoisotopic (exact) mass is 279 g/mol. The second-order valence-corrected chi connectivity index (χ2v) is 5.95. The van der Waals surface area contributed by atoms with Crippen LogP contribution < -0.4 is 0 Å². The van der Waals surface area contributed by atoms with Gasteiger partial charge in [0.15, 0.2) is 5.82 Å². The third-order valence-electron chi connectivity index (χ3n) is 4.68. The van der Waals surface area contributed by atoms with E-state index in [2.05, 4.69) is 15.0 Å². The molecule has 6 nitrogen and oxygen atoms in total. The molecule has 2 heterocycles. The van der Waals surface area contributed by atoms with Crippen molar-refractivity contribution in [1.82, 2.24) is 15.0 Å². The van der Waals surface area contributed by atoms with E-state index in [9.17, 15) is 9.90 Å². The molecule has 1 saturated heterocycles. The second-order valence-electron chi connectivity index (χ2n) is 5.95. The Labute approximate surface area is 118 Å². The molecule has 1 aromatic heterocycles. The number of piperidine rings is 1. The van der Waals surface area contributed by atoms with Crippen LogP contribution in [0.3, 0.4) is 0 Å². The van der Waals surface area contributed by atoms with Crippen molar-refractivity contribution in [2.75, 3.05) is 0 Å². The van der Waals surface area contributed by atoms with Crippen molar-refractivity contribution in [2.45, 2.75) is 64.1 Å². The predicted molar refractivity (Wildman–Crippen MR) is 71.0 cm³/mol. The Morgan fingerprint density at radius 1 is 1.35 bits per heavy atom. The van der Waals surface area contributed by atoms with E-state index in [-0.39, 0.29) is 0 Å². The molecule has 0 radical (unpaired) electrons. The van der Waals surface area contributed by atoms with Gasteiger partial charge in [0.1, 0.15) is 6.04 Å². The molecule has 110 valence electrons. The Balaban J connectivity index is 1.81. The number of aliphatic carboxylic acids is 1. The summed E-state index contributed by atoms with van der Waals surface area (Å²) >= 11 is 0. The van der Waals surface area contributed by atoms with Gasteiger partial charge < -0.3 is 9.63 Å². The molecule has 0 amide bonds. The van der Waals surface area contributed by atoms with Crippen LogP contribution in [0.2, 0.25) is 0 Å². The Morgan fingerprint density at radius 2 is 2.15 bits per heavy atom. The van der Waals surface area contributed by atoms with Crippen molar-refractivity contribution in [3.63, 3.8) is 0 Å². The van der Waals surface area contributed by atoms with Gasteiger partial charge in [0.2, 0.25) is 5.89 Å². The maximum atomic E-state index is 11.5. The zero-order valence-electron chi connectivity index (χ0n) is 11.8. The first-order valence-electron chi connectivity index (χ1n) is 7.43. The maximum absolute atomic E-state index is 11.5. The lowest BCUT2D eigenvalue weighted by Crippen LogP contribution is -2.54. The average molecular weight is 279 g/mol. The Bertz CT molecular complexity index is 488.